The van der Waals surface area contributed by atoms with Gasteiger partial charge < -0.3 is 45.1 Å². The maximum atomic E-state index is 13.2. The van der Waals surface area contributed by atoms with E-state index in [2.05, 4.69) is 26.1 Å². The molecule has 0 aromatic carbocycles. The molecule has 0 spiro atoms. The molecule has 0 bridgehead atoms. The van der Waals surface area contributed by atoms with E-state index in [1.165, 1.54) is 167 Å². The molecule has 1 heterocycles. The number of amides is 1. The van der Waals surface area contributed by atoms with Gasteiger partial charge in [-0.15, -0.1) is 0 Å². The molecule has 370 valence electrons. The van der Waals surface area contributed by atoms with Crippen LogP contribution in [-0.4, -0.2) is 100 Å². The van der Waals surface area contributed by atoms with Gasteiger partial charge in [-0.3, -0.25) is 4.79 Å². The first-order valence-electron chi connectivity index (χ1n) is 26.7. The summed E-state index contributed by atoms with van der Waals surface area (Å²) in [5.74, 6) is -0.0401. The summed E-state index contributed by atoms with van der Waals surface area (Å²) in [6.07, 6.45) is 33.3. The molecule has 1 rings (SSSR count). The van der Waals surface area contributed by atoms with Crippen molar-refractivity contribution in [2.75, 3.05) is 19.8 Å². The van der Waals surface area contributed by atoms with E-state index < -0.39 is 49.0 Å². The molecule has 1 saturated heterocycles. The number of rotatable bonds is 45. The van der Waals surface area contributed by atoms with Crippen LogP contribution in [0.5, 0.6) is 0 Å². The first-order chi connectivity index (χ1) is 30.2. The standard InChI is InChI=1S/C52H103NO9/c1-5-8-10-12-14-16-17-18-19-20-21-22-23-24-25-26-27-28-30-32-34-36-38-47(55)53-44(41-61-52-51(59)50(58)49(57)46(62-52)42-60-39-7-3)48(56)45(54)40-43(4)37-35-33-31-29-15-13-11-9-6-2/h43-46,48-52,54,56-59H,5-42H2,1-4H3,(H,53,55)/t43?,44-,45+,46+,48-,49-,50?,51?,52-/m0/s1. The van der Waals surface area contributed by atoms with E-state index in [4.69, 9.17) is 14.2 Å². The van der Waals surface area contributed by atoms with Crippen LogP contribution in [0, 0.1) is 5.92 Å². The van der Waals surface area contributed by atoms with Crippen molar-refractivity contribution in [2.45, 2.75) is 301 Å². The third-order valence-electron chi connectivity index (χ3n) is 13.1. The Bertz CT molecular complexity index is 975. The minimum Gasteiger partial charge on any atom is -0.390 e. The smallest absolute Gasteiger partial charge is 0.220 e. The minimum atomic E-state index is -1.55. The van der Waals surface area contributed by atoms with Crippen LogP contribution in [0.15, 0.2) is 0 Å². The first kappa shape index (κ1) is 59.2. The van der Waals surface area contributed by atoms with Gasteiger partial charge in [0.25, 0.3) is 0 Å². The highest BCUT2D eigenvalue weighted by Gasteiger charge is 2.45. The van der Waals surface area contributed by atoms with Gasteiger partial charge in [0, 0.05) is 13.0 Å². The van der Waals surface area contributed by atoms with Gasteiger partial charge in [0.15, 0.2) is 6.29 Å². The fourth-order valence-corrected chi connectivity index (χ4v) is 8.87. The molecule has 0 aliphatic carbocycles. The largest absolute Gasteiger partial charge is 0.390 e. The summed E-state index contributed by atoms with van der Waals surface area (Å²) in [7, 11) is 0. The van der Waals surface area contributed by atoms with Gasteiger partial charge >= 0.3 is 0 Å². The SMILES string of the molecule is CCCCCCCCCCCCCCCCCCCCCCCCC(=O)N[C@@H](CO[C@H]1O[C@H](COCCC)[C@H](O)C(O)C1O)[C@H](O)[C@H](O)CC(C)CCCCCCCCCCC. The van der Waals surface area contributed by atoms with Crippen LogP contribution >= 0.6 is 0 Å². The lowest BCUT2D eigenvalue weighted by atomic mass is 9.92. The van der Waals surface area contributed by atoms with Crippen LogP contribution < -0.4 is 5.32 Å². The molecule has 62 heavy (non-hydrogen) atoms. The molecule has 0 radical (unpaired) electrons. The molecule has 9 atom stereocenters. The van der Waals surface area contributed by atoms with Crippen LogP contribution in [-0.2, 0) is 19.0 Å². The Morgan fingerprint density at radius 3 is 1.42 bits per heavy atom. The molecule has 0 saturated carbocycles. The lowest BCUT2D eigenvalue weighted by Gasteiger charge is -2.41. The van der Waals surface area contributed by atoms with Crippen LogP contribution in [0.3, 0.4) is 0 Å². The van der Waals surface area contributed by atoms with Crippen LogP contribution in [0.4, 0.5) is 0 Å². The number of carbonyl (C=O) groups is 1. The predicted molar refractivity (Wildman–Crippen MR) is 255 cm³/mol. The van der Waals surface area contributed by atoms with E-state index >= 15 is 0 Å². The van der Waals surface area contributed by atoms with Crippen LogP contribution in [0.2, 0.25) is 0 Å². The van der Waals surface area contributed by atoms with Gasteiger partial charge in [0.1, 0.15) is 30.5 Å². The average Bonchev–Trinajstić information content (AvgIpc) is 3.26. The second-order valence-electron chi connectivity index (χ2n) is 19.3. The quantitative estimate of drug-likeness (QED) is 0.0328. The van der Waals surface area contributed by atoms with E-state index in [1.807, 2.05) is 6.92 Å². The van der Waals surface area contributed by atoms with Crippen molar-refractivity contribution in [1.29, 1.82) is 0 Å². The Kier molecular flexibility index (Phi) is 39.7. The van der Waals surface area contributed by atoms with Gasteiger partial charge in [-0.2, -0.15) is 0 Å². The number of ether oxygens (including phenoxy) is 3. The van der Waals surface area contributed by atoms with E-state index in [0.29, 0.717) is 19.4 Å². The molecular weight excluding hydrogens is 783 g/mol. The lowest BCUT2D eigenvalue weighted by molar-refractivity contribution is -0.304. The molecule has 0 aromatic rings. The molecule has 1 aliphatic rings. The van der Waals surface area contributed by atoms with E-state index in [0.717, 1.165) is 44.9 Å². The van der Waals surface area contributed by atoms with Gasteiger partial charge in [-0.25, -0.2) is 0 Å². The molecule has 1 fully saturated rings. The van der Waals surface area contributed by atoms with Gasteiger partial charge in [0.05, 0.1) is 25.4 Å². The topological polar surface area (TPSA) is 158 Å². The summed E-state index contributed by atoms with van der Waals surface area (Å²) in [6, 6.07) is -0.966. The Balaban J connectivity index is 2.42. The Morgan fingerprint density at radius 1 is 0.565 bits per heavy atom. The normalized spacial score (nSPS) is 21.2. The van der Waals surface area contributed by atoms with E-state index in [9.17, 15) is 30.3 Å². The number of unbranched alkanes of at least 4 members (excludes halogenated alkanes) is 29. The highest BCUT2D eigenvalue weighted by Crippen LogP contribution is 2.25. The summed E-state index contributed by atoms with van der Waals surface area (Å²) in [5.41, 5.74) is 0. The summed E-state index contributed by atoms with van der Waals surface area (Å²) in [6.45, 7) is 8.77. The van der Waals surface area contributed by atoms with E-state index in [-0.39, 0.29) is 25.0 Å². The van der Waals surface area contributed by atoms with Crippen molar-refractivity contribution in [3.8, 4) is 0 Å². The van der Waals surface area contributed by atoms with Gasteiger partial charge in [-0.05, 0) is 25.2 Å². The molecule has 0 aromatic heterocycles. The van der Waals surface area contributed by atoms with Crippen molar-refractivity contribution in [1.82, 2.24) is 5.32 Å². The van der Waals surface area contributed by atoms with Gasteiger partial charge in [0.2, 0.25) is 5.91 Å². The molecule has 6 N–H and O–H groups in total. The van der Waals surface area contributed by atoms with Crippen LogP contribution in [0.1, 0.15) is 252 Å². The van der Waals surface area contributed by atoms with Crippen molar-refractivity contribution in [2.24, 2.45) is 5.92 Å². The first-order valence-corrected chi connectivity index (χ1v) is 26.7. The van der Waals surface area contributed by atoms with Crippen LogP contribution in [0.25, 0.3) is 0 Å². The fourth-order valence-electron chi connectivity index (χ4n) is 8.87. The number of aliphatic hydroxyl groups excluding tert-OH is 5. The summed E-state index contributed by atoms with van der Waals surface area (Å²) in [4.78, 5) is 13.2. The summed E-state index contributed by atoms with van der Waals surface area (Å²) < 4.78 is 17.2. The molecular formula is C52H103NO9. The molecule has 1 aliphatic heterocycles. The maximum Gasteiger partial charge on any atom is 0.220 e. The highest BCUT2D eigenvalue weighted by atomic mass is 16.7. The number of aliphatic hydroxyl groups is 5. The van der Waals surface area contributed by atoms with E-state index in [1.54, 1.807) is 0 Å². The van der Waals surface area contributed by atoms with Crippen molar-refractivity contribution < 1.29 is 44.5 Å². The Labute approximate surface area is 381 Å². The Morgan fingerprint density at radius 2 is 0.984 bits per heavy atom. The number of hydrogen-bond donors (Lipinski definition) is 6. The third kappa shape index (κ3) is 31.1. The predicted octanol–water partition coefficient (Wildman–Crippen LogP) is 11.4. The van der Waals surface area contributed by atoms with Crippen molar-refractivity contribution in [3.63, 3.8) is 0 Å². The number of nitrogens with one attached hydrogen (secondary N) is 1. The monoisotopic (exact) mass is 886 g/mol. The second-order valence-corrected chi connectivity index (χ2v) is 19.3. The molecule has 3 unspecified atom stereocenters. The zero-order chi connectivity index (χ0) is 45.5. The van der Waals surface area contributed by atoms with Crippen molar-refractivity contribution in [3.05, 3.63) is 0 Å². The second kappa shape index (κ2) is 41.6. The lowest BCUT2D eigenvalue weighted by Crippen LogP contribution is -2.60. The molecule has 1 amide bonds. The minimum absolute atomic E-state index is 0.0105. The number of carbonyl (C=O) groups excluding carboxylic acids is 1. The van der Waals surface area contributed by atoms with Crippen molar-refractivity contribution >= 4 is 5.91 Å². The average molecular weight is 886 g/mol. The summed E-state index contributed by atoms with van der Waals surface area (Å²) in [5, 5.41) is 57.2. The zero-order valence-corrected chi connectivity index (χ0v) is 40.9. The Hall–Kier alpha value is -0.850. The van der Waals surface area contributed by atoms with Gasteiger partial charge in [-0.1, -0.05) is 227 Å². The summed E-state index contributed by atoms with van der Waals surface area (Å²) >= 11 is 0. The highest BCUT2D eigenvalue weighted by molar-refractivity contribution is 5.76. The molecule has 10 heteroatoms. The fraction of sp³-hybridized carbons (Fsp3) is 0.981. The zero-order valence-electron chi connectivity index (χ0n) is 40.9. The third-order valence-corrected chi connectivity index (χ3v) is 13.1. The molecule has 10 nitrogen and oxygen atoms in total. The maximum absolute atomic E-state index is 13.2. The number of hydrogen-bond acceptors (Lipinski definition) is 9.